The zero-order chi connectivity index (χ0) is 27.9. The second kappa shape index (κ2) is 10.00. The molecule has 196 valence electrons. The third-order valence-electron chi connectivity index (χ3n) is 5.72. The van der Waals surface area contributed by atoms with Gasteiger partial charge < -0.3 is 0 Å². The second-order valence-corrected chi connectivity index (χ2v) is 8.24. The lowest BCUT2D eigenvalue weighted by Crippen LogP contribution is -2.11. The average molecular weight is 540 g/mol. The maximum atomic E-state index is 14.9. The molecule has 0 amide bonds. The minimum atomic E-state index is -5.29. The monoisotopic (exact) mass is 540 g/mol. The standard InChI is InChI=1S/C28H14F10/c1-13(29)27(35)16-4-7-19(23(32)10-16)14-2-5-18(21(30)8-14)15-3-6-20(22(31)9-15)17-11-24(33)26(25(34)12-17)28(36,37)38/h2-12H,1H3. The van der Waals surface area contributed by atoms with Gasteiger partial charge in [0, 0.05) is 22.3 Å². The average Bonchev–Trinajstić information content (AvgIpc) is 2.81. The van der Waals surface area contributed by atoms with Gasteiger partial charge in [-0.15, -0.1) is 0 Å². The summed E-state index contributed by atoms with van der Waals surface area (Å²) in [5.41, 5.74) is -3.60. The van der Waals surface area contributed by atoms with E-state index in [1.807, 2.05) is 0 Å². The van der Waals surface area contributed by atoms with Gasteiger partial charge in [0.25, 0.3) is 0 Å². The van der Waals surface area contributed by atoms with Crippen LogP contribution in [0.2, 0.25) is 0 Å². The lowest BCUT2D eigenvalue weighted by molar-refractivity contribution is -0.142. The third kappa shape index (κ3) is 5.16. The summed E-state index contributed by atoms with van der Waals surface area (Å²) in [5.74, 6) is -9.17. The molecule has 10 heteroatoms. The van der Waals surface area contributed by atoms with Crippen molar-refractivity contribution in [2.45, 2.75) is 13.1 Å². The smallest absolute Gasteiger partial charge is 0.209 e. The summed E-state index contributed by atoms with van der Waals surface area (Å²) in [4.78, 5) is 0. The van der Waals surface area contributed by atoms with Crippen LogP contribution in [-0.4, -0.2) is 0 Å². The maximum absolute atomic E-state index is 14.9. The Balaban J connectivity index is 1.67. The molecule has 0 spiro atoms. The van der Waals surface area contributed by atoms with E-state index in [1.54, 1.807) is 0 Å². The predicted octanol–water partition coefficient (Wildman–Crippen LogP) is 10.0. The topological polar surface area (TPSA) is 0 Å². The van der Waals surface area contributed by atoms with Gasteiger partial charge >= 0.3 is 6.18 Å². The van der Waals surface area contributed by atoms with Crippen molar-refractivity contribution >= 4 is 5.83 Å². The van der Waals surface area contributed by atoms with Crippen molar-refractivity contribution < 1.29 is 43.9 Å². The Labute approximate surface area is 209 Å². The molecule has 4 aromatic rings. The molecule has 4 rings (SSSR count). The molecule has 0 saturated carbocycles. The van der Waals surface area contributed by atoms with Crippen LogP contribution in [0.4, 0.5) is 43.9 Å². The van der Waals surface area contributed by atoms with Gasteiger partial charge in [-0.3, -0.25) is 0 Å². The molecule has 0 radical (unpaired) electrons. The number of benzene rings is 4. The maximum Gasteiger partial charge on any atom is 0.422 e. The molecule has 0 N–H and O–H groups in total. The van der Waals surface area contributed by atoms with Gasteiger partial charge in [-0.25, -0.2) is 30.7 Å². The number of alkyl halides is 3. The molecule has 0 aliphatic carbocycles. The minimum Gasteiger partial charge on any atom is -0.209 e. The van der Waals surface area contributed by atoms with Crippen molar-refractivity contribution in [2.24, 2.45) is 0 Å². The fraction of sp³-hybridized carbons (Fsp3) is 0.0714. The van der Waals surface area contributed by atoms with Crippen LogP contribution in [0.1, 0.15) is 18.1 Å². The van der Waals surface area contributed by atoms with Gasteiger partial charge in [0.05, 0.1) is 0 Å². The van der Waals surface area contributed by atoms with Crippen molar-refractivity contribution in [3.8, 4) is 33.4 Å². The Morgan fingerprint density at radius 3 is 1.32 bits per heavy atom. The lowest BCUT2D eigenvalue weighted by Gasteiger charge is -2.13. The van der Waals surface area contributed by atoms with Crippen LogP contribution in [0.3, 0.4) is 0 Å². The normalized spacial score (nSPS) is 12.5. The van der Waals surface area contributed by atoms with E-state index in [9.17, 15) is 43.9 Å². The molecular weight excluding hydrogens is 526 g/mol. The molecule has 0 fully saturated rings. The number of rotatable bonds is 4. The highest BCUT2D eigenvalue weighted by molar-refractivity contribution is 5.75. The van der Waals surface area contributed by atoms with Crippen LogP contribution in [-0.2, 0) is 6.18 Å². The molecule has 4 aromatic carbocycles. The summed E-state index contributed by atoms with van der Waals surface area (Å²) in [6, 6.07) is 10.2. The second-order valence-electron chi connectivity index (χ2n) is 8.24. The Morgan fingerprint density at radius 2 is 0.921 bits per heavy atom. The van der Waals surface area contributed by atoms with Crippen molar-refractivity contribution in [3.63, 3.8) is 0 Å². The Bertz CT molecular complexity index is 1550. The van der Waals surface area contributed by atoms with Gasteiger partial charge in [-0.2, -0.15) is 13.2 Å². The van der Waals surface area contributed by atoms with E-state index in [0.717, 1.165) is 43.3 Å². The SMILES string of the molecule is CC(F)=C(F)c1ccc(-c2ccc(-c3ccc(-c4cc(F)c(C(F)(F)F)c(F)c4)c(F)c3)c(F)c2)c(F)c1. The minimum absolute atomic E-state index is 0.0235. The van der Waals surface area contributed by atoms with E-state index >= 15 is 0 Å². The zero-order valence-corrected chi connectivity index (χ0v) is 19.1. The van der Waals surface area contributed by atoms with Gasteiger partial charge in [-0.1, -0.05) is 36.4 Å². The van der Waals surface area contributed by atoms with E-state index in [4.69, 9.17) is 0 Å². The van der Waals surface area contributed by atoms with Crippen molar-refractivity contribution in [1.82, 2.24) is 0 Å². The summed E-state index contributed by atoms with van der Waals surface area (Å²) in [7, 11) is 0. The number of hydrogen-bond acceptors (Lipinski definition) is 0. The van der Waals surface area contributed by atoms with E-state index in [1.165, 1.54) is 18.2 Å². The molecular formula is C28H14F10. The lowest BCUT2D eigenvalue weighted by atomic mass is 9.96. The summed E-state index contributed by atoms with van der Waals surface area (Å²) in [6.07, 6.45) is -5.29. The molecule has 0 unspecified atom stereocenters. The quantitative estimate of drug-likeness (QED) is 0.226. The Morgan fingerprint density at radius 1 is 0.526 bits per heavy atom. The van der Waals surface area contributed by atoms with Gasteiger partial charge in [0.15, 0.2) is 5.83 Å². The highest BCUT2D eigenvalue weighted by Crippen LogP contribution is 2.38. The van der Waals surface area contributed by atoms with E-state index in [2.05, 4.69) is 0 Å². The van der Waals surface area contributed by atoms with E-state index < -0.39 is 63.6 Å². The molecule has 0 aromatic heterocycles. The molecule has 0 bridgehead atoms. The molecule has 0 atom stereocenters. The zero-order valence-electron chi connectivity index (χ0n) is 19.1. The Kier molecular flexibility index (Phi) is 7.10. The number of hydrogen-bond donors (Lipinski definition) is 0. The highest BCUT2D eigenvalue weighted by atomic mass is 19.4. The first-order chi connectivity index (χ1) is 17.8. The molecule has 0 aliphatic heterocycles. The fourth-order valence-electron chi connectivity index (χ4n) is 3.92. The summed E-state index contributed by atoms with van der Waals surface area (Å²) < 4.78 is 137. The van der Waals surface area contributed by atoms with Crippen LogP contribution in [0.5, 0.6) is 0 Å². The molecule has 0 heterocycles. The third-order valence-corrected chi connectivity index (χ3v) is 5.72. The molecule has 0 nitrogen and oxygen atoms in total. The predicted molar refractivity (Wildman–Crippen MR) is 122 cm³/mol. The summed E-state index contributed by atoms with van der Waals surface area (Å²) in [5, 5.41) is 0. The van der Waals surface area contributed by atoms with Crippen LogP contribution < -0.4 is 0 Å². The van der Waals surface area contributed by atoms with E-state index in [-0.39, 0.29) is 27.8 Å². The summed E-state index contributed by atoms with van der Waals surface area (Å²) in [6.45, 7) is 0.866. The summed E-state index contributed by atoms with van der Waals surface area (Å²) >= 11 is 0. The first kappa shape index (κ1) is 27.0. The van der Waals surface area contributed by atoms with Gasteiger partial charge in [-0.05, 0) is 53.9 Å². The number of allylic oxidation sites excluding steroid dienone is 1. The van der Waals surface area contributed by atoms with Crippen LogP contribution >= 0.6 is 0 Å². The molecule has 0 saturated heterocycles. The first-order valence-corrected chi connectivity index (χ1v) is 10.8. The van der Waals surface area contributed by atoms with Crippen molar-refractivity contribution in [1.29, 1.82) is 0 Å². The van der Waals surface area contributed by atoms with Gasteiger partial charge in [0.2, 0.25) is 0 Å². The largest absolute Gasteiger partial charge is 0.422 e. The van der Waals surface area contributed by atoms with E-state index in [0.29, 0.717) is 12.1 Å². The molecule has 0 aliphatic rings. The van der Waals surface area contributed by atoms with Crippen LogP contribution in [0.15, 0.2) is 72.6 Å². The first-order valence-electron chi connectivity index (χ1n) is 10.8. The fourth-order valence-corrected chi connectivity index (χ4v) is 3.92. The Hall–Kier alpha value is -4.08. The van der Waals surface area contributed by atoms with Crippen LogP contribution in [0, 0.1) is 29.1 Å². The van der Waals surface area contributed by atoms with Crippen molar-refractivity contribution in [2.75, 3.05) is 0 Å². The van der Waals surface area contributed by atoms with Crippen LogP contribution in [0.25, 0.3) is 39.2 Å². The van der Waals surface area contributed by atoms with Crippen molar-refractivity contribution in [3.05, 3.63) is 113 Å². The number of halogens is 10. The highest BCUT2D eigenvalue weighted by Gasteiger charge is 2.38. The molecule has 38 heavy (non-hydrogen) atoms. The van der Waals surface area contributed by atoms with Gasteiger partial charge in [0.1, 0.15) is 40.5 Å².